The van der Waals surface area contributed by atoms with E-state index in [1.807, 2.05) is 36.4 Å². The predicted molar refractivity (Wildman–Crippen MR) is 129 cm³/mol. The van der Waals surface area contributed by atoms with Crippen LogP contribution < -0.4 is 5.32 Å². The molecule has 2 heterocycles. The van der Waals surface area contributed by atoms with Crippen molar-refractivity contribution in [3.63, 3.8) is 0 Å². The number of nitrogens with zero attached hydrogens (tertiary/aromatic N) is 1. The van der Waals surface area contributed by atoms with E-state index in [1.165, 1.54) is 0 Å². The molecule has 7 nitrogen and oxygen atoms in total. The molecular weight excluding hydrogens is 444 g/mol. The number of aliphatic carboxylic acids is 1. The minimum absolute atomic E-state index is 0.0801. The lowest BCUT2D eigenvalue weighted by molar-refractivity contribution is -0.143. The average Bonchev–Trinajstić information content (AvgIpc) is 3.54. The van der Waals surface area contributed by atoms with E-state index in [9.17, 15) is 19.5 Å². The molecule has 2 aromatic carbocycles. The average molecular weight is 473 g/mol. The van der Waals surface area contributed by atoms with Gasteiger partial charge in [-0.1, -0.05) is 48.5 Å². The number of alkyl carbamates (subject to hydrolysis) is 1. The zero-order valence-corrected chi connectivity index (χ0v) is 19.6. The van der Waals surface area contributed by atoms with Gasteiger partial charge < -0.3 is 20.1 Å². The van der Waals surface area contributed by atoms with Crippen LogP contribution in [0.3, 0.4) is 0 Å². The van der Waals surface area contributed by atoms with Gasteiger partial charge in [0.15, 0.2) is 0 Å². The quantitative estimate of drug-likeness (QED) is 0.624. The highest BCUT2D eigenvalue weighted by molar-refractivity contribution is 5.88. The van der Waals surface area contributed by atoms with Crippen molar-refractivity contribution < 1.29 is 24.2 Å². The third-order valence-corrected chi connectivity index (χ3v) is 7.53. The zero-order valence-electron chi connectivity index (χ0n) is 19.6. The van der Waals surface area contributed by atoms with Crippen molar-refractivity contribution >= 4 is 18.0 Å². The van der Waals surface area contributed by atoms with Gasteiger partial charge in [-0.2, -0.15) is 0 Å². The Balaban J connectivity index is 1.27. The van der Waals surface area contributed by atoms with Gasteiger partial charge in [0.05, 0.1) is 5.92 Å². The maximum Gasteiger partial charge on any atom is 0.407 e. The molecule has 1 unspecified atom stereocenters. The van der Waals surface area contributed by atoms with Gasteiger partial charge in [-0.25, -0.2) is 4.79 Å². The highest BCUT2D eigenvalue weighted by Crippen LogP contribution is 2.45. The van der Waals surface area contributed by atoms with Crippen LogP contribution in [0.15, 0.2) is 48.5 Å². The first-order valence-electron chi connectivity index (χ1n) is 12.1. The van der Waals surface area contributed by atoms with Gasteiger partial charge in [-0.3, -0.25) is 9.59 Å². The number of hydrogen-bond donors (Lipinski definition) is 2. The van der Waals surface area contributed by atoms with Crippen molar-refractivity contribution in [2.45, 2.75) is 56.7 Å². The minimum atomic E-state index is -0.881. The molecule has 2 bridgehead atoms. The zero-order chi connectivity index (χ0) is 24.5. The van der Waals surface area contributed by atoms with Crippen LogP contribution in [0, 0.1) is 17.8 Å². The molecule has 2 aliphatic heterocycles. The van der Waals surface area contributed by atoms with Crippen LogP contribution in [0.5, 0.6) is 0 Å². The smallest absolute Gasteiger partial charge is 0.407 e. The monoisotopic (exact) mass is 472 g/mol. The highest BCUT2D eigenvalue weighted by atomic mass is 16.5. The Morgan fingerprint density at radius 2 is 1.74 bits per heavy atom. The standard InChI is InChI=1S/C28H28N2O5/c1-2-3-12-24(26(31)30-17-13-14-25(30)22(15-17)27(32)33)29-28(34)35-16-23-20-10-6-4-8-18(20)19-9-5-7-11-21(19)23/h4-11,17,22-25H,12-16H2,1H3,(H,29,34)(H,32,33)/t17-,22+,24?,25+/m1/s1. The molecule has 0 saturated carbocycles. The number of nitrogens with one attached hydrogen (secondary N) is 1. The molecule has 0 spiro atoms. The molecule has 1 aliphatic carbocycles. The van der Waals surface area contributed by atoms with Crippen molar-refractivity contribution in [3.8, 4) is 23.0 Å². The first kappa shape index (κ1) is 23.0. The van der Waals surface area contributed by atoms with Gasteiger partial charge in [0.25, 0.3) is 0 Å². The molecular formula is C28H28N2O5. The highest BCUT2D eigenvalue weighted by Gasteiger charge is 2.52. The van der Waals surface area contributed by atoms with Gasteiger partial charge in [-0.15, -0.1) is 11.8 Å². The fourth-order valence-electron chi connectivity index (χ4n) is 5.96. The Hall–Kier alpha value is -3.79. The molecule has 5 rings (SSSR count). The van der Waals surface area contributed by atoms with Crippen LogP contribution in [0.25, 0.3) is 11.1 Å². The number of benzene rings is 2. The number of amides is 2. The Morgan fingerprint density at radius 1 is 1.09 bits per heavy atom. The molecule has 7 heteroatoms. The number of carbonyl (C=O) groups is 3. The number of carboxylic acids is 1. The Labute approximate surface area is 204 Å². The number of ether oxygens (including phenoxy) is 1. The molecule has 2 saturated heterocycles. The second-order valence-corrected chi connectivity index (χ2v) is 9.38. The van der Waals surface area contributed by atoms with Crippen LogP contribution in [0.2, 0.25) is 0 Å². The Kier molecular flexibility index (Phi) is 6.21. The summed E-state index contributed by atoms with van der Waals surface area (Å²) >= 11 is 0. The Morgan fingerprint density at radius 3 is 2.34 bits per heavy atom. The number of hydrogen-bond acceptors (Lipinski definition) is 4. The number of carbonyl (C=O) groups excluding carboxylic acids is 2. The van der Waals surface area contributed by atoms with E-state index in [2.05, 4.69) is 29.3 Å². The van der Waals surface area contributed by atoms with Gasteiger partial charge in [0.1, 0.15) is 12.6 Å². The second-order valence-electron chi connectivity index (χ2n) is 9.38. The van der Waals surface area contributed by atoms with E-state index in [0.29, 0.717) is 12.8 Å². The van der Waals surface area contributed by atoms with E-state index in [-0.39, 0.29) is 36.9 Å². The van der Waals surface area contributed by atoms with E-state index in [1.54, 1.807) is 11.8 Å². The summed E-state index contributed by atoms with van der Waals surface area (Å²) in [4.78, 5) is 39.5. The number of fused-ring (bicyclic) bond motifs is 5. The van der Waals surface area contributed by atoms with E-state index < -0.39 is 24.0 Å². The fraction of sp³-hybridized carbons (Fsp3) is 0.393. The van der Waals surface area contributed by atoms with E-state index in [0.717, 1.165) is 28.7 Å². The molecule has 3 aliphatic rings. The molecule has 2 aromatic rings. The first-order chi connectivity index (χ1) is 17.0. The molecule has 2 N–H and O–H groups in total. The van der Waals surface area contributed by atoms with Gasteiger partial charge in [-0.05, 0) is 48.4 Å². The number of carboxylic acid groups (broad SMARTS) is 1. The largest absolute Gasteiger partial charge is 0.481 e. The van der Waals surface area contributed by atoms with Crippen LogP contribution in [0.4, 0.5) is 4.79 Å². The topological polar surface area (TPSA) is 95.9 Å². The summed E-state index contributed by atoms with van der Waals surface area (Å²) in [6.07, 6.45) is 1.39. The lowest BCUT2D eigenvalue weighted by Crippen LogP contribution is -2.51. The van der Waals surface area contributed by atoms with Crippen molar-refractivity contribution in [2.24, 2.45) is 5.92 Å². The van der Waals surface area contributed by atoms with Crippen LogP contribution in [-0.4, -0.2) is 52.7 Å². The minimum Gasteiger partial charge on any atom is -0.481 e. The SMILES string of the molecule is CC#CCC(NC(=O)OCC1c2ccccc2-c2ccccc21)C(=O)N1[C@@H]2CC[C@H]1[C@@H](C(=O)O)C2. The van der Waals surface area contributed by atoms with Crippen molar-refractivity contribution in [1.82, 2.24) is 10.2 Å². The van der Waals surface area contributed by atoms with Gasteiger partial charge in [0.2, 0.25) is 5.91 Å². The molecule has 0 aromatic heterocycles. The van der Waals surface area contributed by atoms with Gasteiger partial charge in [0, 0.05) is 24.4 Å². The summed E-state index contributed by atoms with van der Waals surface area (Å²) in [7, 11) is 0. The molecule has 35 heavy (non-hydrogen) atoms. The van der Waals surface area contributed by atoms with E-state index >= 15 is 0 Å². The van der Waals surface area contributed by atoms with Crippen LogP contribution >= 0.6 is 0 Å². The summed E-state index contributed by atoms with van der Waals surface area (Å²) in [5.74, 6) is 3.87. The first-order valence-corrected chi connectivity index (χ1v) is 12.1. The van der Waals surface area contributed by atoms with Crippen molar-refractivity contribution in [2.75, 3.05) is 6.61 Å². The fourth-order valence-corrected chi connectivity index (χ4v) is 5.96. The van der Waals surface area contributed by atoms with E-state index in [4.69, 9.17) is 4.74 Å². The second kappa shape index (κ2) is 9.46. The Bertz CT molecular complexity index is 1180. The molecule has 2 amide bonds. The van der Waals surface area contributed by atoms with Crippen LogP contribution in [-0.2, 0) is 14.3 Å². The summed E-state index contributed by atoms with van der Waals surface area (Å²) < 4.78 is 5.63. The molecule has 2 fully saturated rings. The normalized spacial score (nSPS) is 22.5. The summed E-state index contributed by atoms with van der Waals surface area (Å²) in [5, 5.41) is 12.2. The summed E-state index contributed by atoms with van der Waals surface area (Å²) in [5.41, 5.74) is 4.50. The molecule has 4 atom stereocenters. The third-order valence-electron chi connectivity index (χ3n) is 7.53. The third kappa shape index (κ3) is 4.14. The summed E-state index contributed by atoms with van der Waals surface area (Å²) in [6.45, 7) is 1.82. The lowest BCUT2D eigenvalue weighted by atomic mass is 9.89. The maximum atomic E-state index is 13.4. The maximum absolute atomic E-state index is 13.4. The predicted octanol–water partition coefficient (Wildman–Crippen LogP) is 3.77. The van der Waals surface area contributed by atoms with Crippen molar-refractivity contribution in [3.05, 3.63) is 59.7 Å². The molecule has 180 valence electrons. The molecule has 0 radical (unpaired) electrons. The van der Waals surface area contributed by atoms with Crippen molar-refractivity contribution in [1.29, 1.82) is 0 Å². The summed E-state index contributed by atoms with van der Waals surface area (Å²) in [6, 6.07) is 14.9. The lowest BCUT2D eigenvalue weighted by Gasteiger charge is -2.27. The van der Waals surface area contributed by atoms with Crippen LogP contribution in [0.1, 0.15) is 49.7 Å². The number of rotatable bonds is 6. The van der Waals surface area contributed by atoms with Gasteiger partial charge >= 0.3 is 12.1 Å².